The van der Waals surface area contributed by atoms with E-state index in [2.05, 4.69) is 12.2 Å². The number of hydrogen-bond donors (Lipinski definition) is 2. The van der Waals surface area contributed by atoms with Gasteiger partial charge in [-0.3, -0.25) is 9.59 Å². The minimum atomic E-state index is -0.478. The van der Waals surface area contributed by atoms with E-state index in [4.69, 9.17) is 15.2 Å². The lowest BCUT2D eigenvalue weighted by atomic mass is 9.85. The van der Waals surface area contributed by atoms with Crippen LogP contribution in [0.2, 0.25) is 0 Å². The normalized spacial score (nSPS) is 15.6. The molecule has 1 aromatic carbocycles. The van der Waals surface area contributed by atoms with Gasteiger partial charge in [0.15, 0.2) is 11.5 Å². The Hall–Kier alpha value is -2.54. The quantitative estimate of drug-likeness (QED) is 0.741. The molecule has 0 spiro atoms. The van der Waals surface area contributed by atoms with Crippen molar-refractivity contribution in [1.82, 2.24) is 0 Å². The summed E-state index contributed by atoms with van der Waals surface area (Å²) < 4.78 is 10.5. The summed E-state index contributed by atoms with van der Waals surface area (Å²) in [4.78, 5) is 25.8. The lowest BCUT2D eigenvalue weighted by Crippen LogP contribution is -2.20. The van der Waals surface area contributed by atoms with Crippen molar-refractivity contribution in [2.45, 2.75) is 39.0 Å². The predicted octanol–water partition coefficient (Wildman–Crippen LogP) is 3.56. The number of carbonyl (C=O) groups excluding carboxylic acids is 2. The lowest BCUT2D eigenvalue weighted by Gasteiger charge is -2.20. The third kappa shape index (κ3) is 4.14. The number of anilines is 1. The Bertz CT molecular complexity index is 891. The summed E-state index contributed by atoms with van der Waals surface area (Å²) in [6, 6.07) is 5.37. The zero-order chi connectivity index (χ0) is 20.3. The Labute approximate surface area is 169 Å². The molecule has 2 amide bonds. The summed E-state index contributed by atoms with van der Waals surface area (Å²) >= 11 is 1.48. The minimum absolute atomic E-state index is 0.165. The van der Waals surface area contributed by atoms with Crippen molar-refractivity contribution >= 4 is 28.2 Å². The number of nitrogens with one attached hydrogen (secondary N) is 1. The van der Waals surface area contributed by atoms with Crippen molar-refractivity contribution < 1.29 is 19.1 Å². The average molecular weight is 403 g/mol. The summed E-state index contributed by atoms with van der Waals surface area (Å²) in [7, 11) is 3.12. The van der Waals surface area contributed by atoms with E-state index >= 15 is 0 Å². The molecular formula is C21H26N2O4S. The smallest absolute Gasteiger partial charge is 0.251 e. The molecular weight excluding hydrogens is 376 g/mol. The van der Waals surface area contributed by atoms with E-state index in [-0.39, 0.29) is 12.3 Å². The number of primary amides is 1. The molecule has 1 aliphatic carbocycles. The molecule has 3 N–H and O–H groups in total. The SMILES string of the molecule is CC[C@H]1CCc2c(sc(NC(=O)Cc3ccc(OC)c(OC)c3)c2C(N)=O)C1. The number of hydrogen-bond acceptors (Lipinski definition) is 5. The van der Waals surface area contributed by atoms with Crippen LogP contribution in [0.25, 0.3) is 0 Å². The van der Waals surface area contributed by atoms with Crippen molar-refractivity contribution in [2.24, 2.45) is 11.7 Å². The first-order valence-electron chi connectivity index (χ1n) is 9.41. The molecule has 0 unspecified atom stereocenters. The van der Waals surface area contributed by atoms with Gasteiger partial charge < -0.3 is 20.5 Å². The second kappa shape index (κ2) is 8.65. The van der Waals surface area contributed by atoms with Crippen LogP contribution in [0.1, 0.15) is 46.1 Å². The molecule has 2 aromatic rings. The van der Waals surface area contributed by atoms with Crippen LogP contribution in [0.3, 0.4) is 0 Å². The second-order valence-electron chi connectivity index (χ2n) is 7.00. The van der Waals surface area contributed by atoms with Gasteiger partial charge in [-0.2, -0.15) is 0 Å². The fourth-order valence-electron chi connectivity index (χ4n) is 3.70. The number of rotatable bonds is 7. The molecule has 0 aliphatic heterocycles. The van der Waals surface area contributed by atoms with E-state index < -0.39 is 5.91 Å². The van der Waals surface area contributed by atoms with Crippen LogP contribution >= 0.6 is 11.3 Å². The molecule has 1 aliphatic rings. The van der Waals surface area contributed by atoms with Gasteiger partial charge in [-0.25, -0.2) is 0 Å². The highest BCUT2D eigenvalue weighted by Gasteiger charge is 2.28. The fourth-order valence-corrected chi connectivity index (χ4v) is 5.08. The molecule has 1 atom stereocenters. The maximum absolute atomic E-state index is 12.6. The zero-order valence-electron chi connectivity index (χ0n) is 16.5. The topological polar surface area (TPSA) is 90.7 Å². The Morgan fingerprint density at radius 3 is 2.64 bits per heavy atom. The summed E-state index contributed by atoms with van der Waals surface area (Å²) in [5.74, 6) is 1.14. The van der Waals surface area contributed by atoms with Crippen LogP contribution in [0.15, 0.2) is 18.2 Å². The van der Waals surface area contributed by atoms with Crippen LogP contribution in [0, 0.1) is 5.92 Å². The molecule has 0 fully saturated rings. The Morgan fingerprint density at radius 1 is 1.25 bits per heavy atom. The highest BCUT2D eigenvalue weighted by molar-refractivity contribution is 7.17. The molecule has 7 heteroatoms. The average Bonchev–Trinajstić information content (AvgIpc) is 3.04. The third-order valence-electron chi connectivity index (χ3n) is 5.26. The Kier molecular flexibility index (Phi) is 6.24. The van der Waals surface area contributed by atoms with Crippen LogP contribution in [-0.2, 0) is 24.1 Å². The van der Waals surface area contributed by atoms with Gasteiger partial charge in [0.25, 0.3) is 5.91 Å². The van der Waals surface area contributed by atoms with Crippen LogP contribution in [-0.4, -0.2) is 26.0 Å². The lowest BCUT2D eigenvalue weighted by molar-refractivity contribution is -0.115. The largest absolute Gasteiger partial charge is 0.493 e. The van der Waals surface area contributed by atoms with E-state index in [1.54, 1.807) is 26.4 Å². The molecule has 150 valence electrons. The van der Waals surface area contributed by atoms with Crippen molar-refractivity contribution in [2.75, 3.05) is 19.5 Å². The summed E-state index contributed by atoms with van der Waals surface area (Å²) in [6.45, 7) is 2.18. The van der Waals surface area contributed by atoms with E-state index in [1.807, 2.05) is 6.07 Å². The number of methoxy groups -OCH3 is 2. The first kappa shape index (κ1) is 20.2. The predicted molar refractivity (Wildman–Crippen MR) is 111 cm³/mol. The van der Waals surface area contributed by atoms with Gasteiger partial charge in [-0.1, -0.05) is 19.4 Å². The monoisotopic (exact) mass is 402 g/mol. The van der Waals surface area contributed by atoms with Gasteiger partial charge in [-0.05, 0) is 48.4 Å². The van der Waals surface area contributed by atoms with Crippen molar-refractivity contribution in [3.05, 3.63) is 39.8 Å². The number of fused-ring (bicyclic) bond motifs is 1. The molecule has 3 rings (SSSR count). The highest BCUT2D eigenvalue weighted by Crippen LogP contribution is 2.40. The van der Waals surface area contributed by atoms with Crippen molar-refractivity contribution in [3.8, 4) is 11.5 Å². The number of benzene rings is 1. The van der Waals surface area contributed by atoms with Gasteiger partial charge in [0.05, 0.1) is 26.2 Å². The molecule has 1 heterocycles. The molecule has 0 bridgehead atoms. The molecule has 6 nitrogen and oxygen atoms in total. The molecule has 1 aromatic heterocycles. The molecule has 0 radical (unpaired) electrons. The first-order chi connectivity index (χ1) is 13.5. The van der Waals surface area contributed by atoms with E-state index in [9.17, 15) is 9.59 Å². The molecule has 28 heavy (non-hydrogen) atoms. The van der Waals surface area contributed by atoms with E-state index in [0.29, 0.717) is 28.0 Å². The standard InChI is InChI=1S/C21H26N2O4S/c1-4-12-5-7-14-17(10-12)28-21(19(14)20(22)25)23-18(24)11-13-6-8-15(26-2)16(9-13)27-3/h6,8-9,12H,4-5,7,10-11H2,1-3H3,(H2,22,25)(H,23,24)/t12-/m0/s1. The van der Waals surface area contributed by atoms with Gasteiger partial charge >= 0.3 is 0 Å². The van der Waals surface area contributed by atoms with E-state index in [1.165, 1.54) is 16.2 Å². The van der Waals surface area contributed by atoms with Gasteiger partial charge in [0.1, 0.15) is 5.00 Å². The number of thiophene rings is 1. The molecule has 0 saturated carbocycles. The summed E-state index contributed by atoms with van der Waals surface area (Å²) in [5.41, 5.74) is 7.93. The Morgan fingerprint density at radius 2 is 2.00 bits per heavy atom. The van der Waals surface area contributed by atoms with Gasteiger partial charge in [-0.15, -0.1) is 11.3 Å². The van der Waals surface area contributed by atoms with E-state index in [0.717, 1.165) is 36.8 Å². The minimum Gasteiger partial charge on any atom is -0.493 e. The Balaban J connectivity index is 1.79. The number of amides is 2. The van der Waals surface area contributed by atoms with Crippen LogP contribution < -0.4 is 20.5 Å². The summed E-state index contributed by atoms with van der Waals surface area (Å²) in [5, 5.41) is 3.47. The van der Waals surface area contributed by atoms with Crippen LogP contribution in [0.4, 0.5) is 5.00 Å². The van der Waals surface area contributed by atoms with Crippen molar-refractivity contribution in [1.29, 1.82) is 0 Å². The third-order valence-corrected chi connectivity index (χ3v) is 6.43. The maximum atomic E-state index is 12.6. The van der Waals surface area contributed by atoms with Crippen LogP contribution in [0.5, 0.6) is 11.5 Å². The van der Waals surface area contributed by atoms with Crippen molar-refractivity contribution in [3.63, 3.8) is 0 Å². The first-order valence-corrected chi connectivity index (χ1v) is 10.2. The maximum Gasteiger partial charge on any atom is 0.251 e. The zero-order valence-corrected chi connectivity index (χ0v) is 17.3. The number of ether oxygens (including phenoxy) is 2. The summed E-state index contributed by atoms with van der Waals surface area (Å²) in [6.07, 6.45) is 4.12. The van der Waals surface area contributed by atoms with Gasteiger partial charge in [0.2, 0.25) is 5.91 Å². The van der Waals surface area contributed by atoms with Gasteiger partial charge in [0, 0.05) is 4.88 Å². The number of nitrogens with two attached hydrogens (primary N) is 1. The number of carbonyl (C=O) groups is 2. The highest BCUT2D eigenvalue weighted by atomic mass is 32.1. The fraction of sp³-hybridized carbons (Fsp3) is 0.429. The second-order valence-corrected chi connectivity index (χ2v) is 8.11. The molecule has 0 saturated heterocycles.